The van der Waals surface area contributed by atoms with Crippen LogP contribution < -0.4 is 0 Å². The van der Waals surface area contributed by atoms with Crippen molar-refractivity contribution in [3.8, 4) is 0 Å². The van der Waals surface area contributed by atoms with E-state index >= 15 is 0 Å². The van der Waals surface area contributed by atoms with Crippen molar-refractivity contribution in [2.24, 2.45) is 0 Å². The topological polar surface area (TPSA) is 64.4 Å². The highest BCUT2D eigenvalue weighted by Crippen LogP contribution is 2.07. The minimum Gasteiger partial charge on any atom is -0.418 e. The first-order chi connectivity index (χ1) is 7.00. The summed E-state index contributed by atoms with van der Waals surface area (Å²) >= 11 is 0. The number of imidazole rings is 1. The molecule has 0 spiro atoms. The van der Waals surface area contributed by atoms with Crippen LogP contribution in [-0.4, -0.2) is 45.5 Å². The van der Waals surface area contributed by atoms with Crippen LogP contribution in [0.4, 0.5) is 0 Å². The monoisotopic (exact) mass is 249 g/mol. The molecular formula is C7H15N3O3SSi. The van der Waals surface area contributed by atoms with Crippen molar-refractivity contribution in [3.05, 3.63) is 18.2 Å². The molecule has 0 atom stereocenters. The summed E-state index contributed by atoms with van der Waals surface area (Å²) in [6, 6.07) is 0. The van der Waals surface area contributed by atoms with Crippen LogP contribution in [0.15, 0.2) is 12.5 Å². The van der Waals surface area contributed by atoms with Gasteiger partial charge in [0.15, 0.2) is 9.76 Å². The van der Waals surface area contributed by atoms with E-state index in [1.54, 1.807) is 0 Å². The average molecular weight is 249 g/mol. The first-order valence-corrected chi connectivity index (χ1v) is 7.91. The lowest BCUT2D eigenvalue weighted by Crippen LogP contribution is -2.29. The number of hydrogen-bond acceptors (Lipinski definition) is 4. The van der Waals surface area contributed by atoms with Crippen molar-refractivity contribution in [2.45, 2.75) is 13.2 Å². The summed E-state index contributed by atoms with van der Waals surface area (Å²) in [5, 5.41) is 0. The van der Waals surface area contributed by atoms with E-state index in [1.807, 2.05) is 6.55 Å². The van der Waals surface area contributed by atoms with Gasteiger partial charge >= 0.3 is 10.2 Å². The predicted molar refractivity (Wildman–Crippen MR) is 59.4 cm³/mol. The molecule has 8 heteroatoms. The summed E-state index contributed by atoms with van der Waals surface area (Å²) in [6.07, 6.45) is 2.79. The quantitative estimate of drug-likeness (QED) is 0.640. The summed E-state index contributed by atoms with van der Waals surface area (Å²) in [4.78, 5) is 3.82. The Hall–Kier alpha value is -0.703. The largest absolute Gasteiger partial charge is 0.418 e. The van der Waals surface area contributed by atoms with Crippen LogP contribution in [0.3, 0.4) is 0 Å². The zero-order valence-corrected chi connectivity index (χ0v) is 11.3. The van der Waals surface area contributed by atoms with Gasteiger partial charge in [-0.15, -0.1) is 0 Å². The van der Waals surface area contributed by atoms with Gasteiger partial charge in [0, 0.05) is 14.1 Å². The van der Waals surface area contributed by atoms with E-state index in [9.17, 15) is 8.42 Å². The van der Waals surface area contributed by atoms with Crippen LogP contribution >= 0.6 is 0 Å². The van der Waals surface area contributed by atoms with Crippen LogP contribution in [-0.2, 0) is 21.2 Å². The summed E-state index contributed by atoms with van der Waals surface area (Å²) in [7, 11) is -1.05. The molecule has 1 rings (SSSR count). The van der Waals surface area contributed by atoms with Crippen LogP contribution in [0, 0.1) is 0 Å². The van der Waals surface area contributed by atoms with Gasteiger partial charge < -0.3 is 4.43 Å². The minimum atomic E-state index is -3.47. The highest BCUT2D eigenvalue weighted by molar-refractivity contribution is 7.87. The molecule has 86 valence electrons. The Morgan fingerprint density at radius 3 is 2.80 bits per heavy atom. The minimum absolute atomic E-state index is 0.301. The van der Waals surface area contributed by atoms with E-state index in [0.717, 1.165) is 8.28 Å². The Morgan fingerprint density at radius 1 is 1.60 bits per heavy atom. The molecule has 0 fully saturated rings. The Balaban J connectivity index is 3.00. The van der Waals surface area contributed by atoms with Gasteiger partial charge in [-0.25, -0.2) is 8.96 Å². The molecule has 15 heavy (non-hydrogen) atoms. The molecule has 0 aromatic carbocycles. The van der Waals surface area contributed by atoms with Crippen molar-refractivity contribution in [3.63, 3.8) is 0 Å². The highest BCUT2D eigenvalue weighted by atomic mass is 32.2. The van der Waals surface area contributed by atoms with Gasteiger partial charge in [0.05, 0.1) is 18.5 Å². The summed E-state index contributed by atoms with van der Waals surface area (Å²) in [5.74, 6) is 0. The number of rotatable bonds is 5. The molecule has 0 saturated carbocycles. The third kappa shape index (κ3) is 2.65. The molecule has 0 bridgehead atoms. The first-order valence-electron chi connectivity index (χ1n) is 4.52. The Morgan fingerprint density at radius 2 is 2.27 bits per heavy atom. The molecule has 0 amide bonds. The highest BCUT2D eigenvalue weighted by Gasteiger charge is 2.19. The molecule has 6 nitrogen and oxygen atoms in total. The predicted octanol–water partition coefficient (Wildman–Crippen LogP) is -0.814. The molecule has 0 radical (unpaired) electrons. The van der Waals surface area contributed by atoms with Gasteiger partial charge in [-0.2, -0.15) is 12.7 Å². The van der Waals surface area contributed by atoms with Crippen molar-refractivity contribution >= 4 is 20.0 Å². The fourth-order valence-electron chi connectivity index (χ4n) is 1.00. The summed E-state index contributed by atoms with van der Waals surface area (Å²) in [6.45, 7) is 2.29. The second-order valence-electron chi connectivity index (χ2n) is 3.11. The average Bonchev–Trinajstić information content (AvgIpc) is 2.62. The van der Waals surface area contributed by atoms with Crippen LogP contribution in [0.1, 0.15) is 5.69 Å². The fraction of sp³-hybridized carbons (Fsp3) is 0.571. The lowest BCUT2D eigenvalue weighted by Gasteiger charge is -2.14. The SMILES string of the molecule is C[SiH2]OCc1cncn1S(=O)(=O)N(C)C. The maximum absolute atomic E-state index is 11.8. The van der Waals surface area contributed by atoms with Crippen molar-refractivity contribution in [1.82, 2.24) is 13.3 Å². The Bertz CT molecular complexity index is 415. The molecule has 0 aliphatic heterocycles. The molecule has 0 aliphatic rings. The molecule has 0 N–H and O–H groups in total. The van der Waals surface area contributed by atoms with Gasteiger partial charge in [0.1, 0.15) is 6.33 Å². The van der Waals surface area contributed by atoms with E-state index in [0.29, 0.717) is 12.3 Å². The van der Waals surface area contributed by atoms with Gasteiger partial charge in [-0.05, 0) is 0 Å². The van der Waals surface area contributed by atoms with Gasteiger partial charge in [-0.3, -0.25) is 0 Å². The van der Waals surface area contributed by atoms with E-state index in [1.165, 1.54) is 26.6 Å². The summed E-state index contributed by atoms with van der Waals surface area (Å²) in [5.41, 5.74) is 0.554. The molecule has 1 heterocycles. The molecule has 0 saturated heterocycles. The zero-order valence-electron chi connectivity index (χ0n) is 9.04. The molecule has 0 aliphatic carbocycles. The van der Waals surface area contributed by atoms with Crippen molar-refractivity contribution in [1.29, 1.82) is 0 Å². The third-order valence-electron chi connectivity index (χ3n) is 1.84. The smallest absolute Gasteiger partial charge is 0.308 e. The third-order valence-corrected chi connectivity index (χ3v) is 4.20. The number of aromatic nitrogens is 2. The van der Waals surface area contributed by atoms with Crippen LogP contribution in [0.5, 0.6) is 0 Å². The summed E-state index contributed by atoms with van der Waals surface area (Å²) < 4.78 is 31.1. The van der Waals surface area contributed by atoms with Gasteiger partial charge in [0.25, 0.3) is 0 Å². The maximum atomic E-state index is 11.8. The second-order valence-corrected chi connectivity index (χ2v) is 6.11. The van der Waals surface area contributed by atoms with E-state index in [-0.39, 0.29) is 0 Å². The number of nitrogens with zero attached hydrogens (tertiary/aromatic N) is 3. The van der Waals surface area contributed by atoms with E-state index < -0.39 is 20.0 Å². The molecule has 0 unspecified atom stereocenters. The standard InChI is InChI=1S/C7H15N3O3SSi/c1-9(2)14(11,12)10-6-8-4-7(10)5-13-15-3/h4,6H,5,15H2,1-3H3. The van der Waals surface area contributed by atoms with Crippen molar-refractivity contribution in [2.75, 3.05) is 14.1 Å². The lowest BCUT2D eigenvalue weighted by molar-refractivity contribution is 0.320. The fourth-order valence-corrected chi connectivity index (χ4v) is 2.34. The Kier molecular flexibility index (Phi) is 4.02. The van der Waals surface area contributed by atoms with Crippen LogP contribution in [0.25, 0.3) is 0 Å². The Labute approximate surface area is 92.0 Å². The first kappa shape index (κ1) is 12.4. The molecule has 1 aromatic heterocycles. The van der Waals surface area contributed by atoms with Crippen molar-refractivity contribution < 1.29 is 12.8 Å². The normalized spacial score (nSPS) is 13.1. The maximum Gasteiger partial charge on any atom is 0.308 e. The molecule has 1 aromatic rings. The van der Waals surface area contributed by atoms with Gasteiger partial charge in [-0.1, -0.05) is 6.55 Å². The number of hydrogen-bond donors (Lipinski definition) is 0. The van der Waals surface area contributed by atoms with E-state index in [4.69, 9.17) is 4.43 Å². The second kappa shape index (κ2) is 4.88. The molecular weight excluding hydrogens is 234 g/mol. The zero-order chi connectivity index (χ0) is 11.5. The van der Waals surface area contributed by atoms with Crippen LogP contribution in [0.2, 0.25) is 6.55 Å². The lowest BCUT2D eigenvalue weighted by atomic mass is 10.5. The van der Waals surface area contributed by atoms with E-state index in [2.05, 4.69) is 4.98 Å². The van der Waals surface area contributed by atoms with Gasteiger partial charge in [0.2, 0.25) is 0 Å².